The molecular formula is C23H26FN5O2. The van der Waals surface area contributed by atoms with Crippen LogP contribution in [0.25, 0.3) is 10.9 Å². The van der Waals surface area contributed by atoms with Gasteiger partial charge >= 0.3 is 6.03 Å². The van der Waals surface area contributed by atoms with Crippen LogP contribution in [-0.4, -0.2) is 48.7 Å². The van der Waals surface area contributed by atoms with Crippen LogP contribution in [0.1, 0.15) is 13.3 Å². The number of nitrogens with one attached hydrogen (secondary N) is 1. The summed E-state index contributed by atoms with van der Waals surface area (Å²) < 4.78 is 19.4. The molecule has 0 saturated carbocycles. The number of pyridine rings is 1. The molecular weight excluding hydrogens is 397 g/mol. The van der Waals surface area contributed by atoms with Gasteiger partial charge in [-0.2, -0.15) is 0 Å². The Morgan fingerprint density at radius 3 is 2.81 bits per heavy atom. The first-order chi connectivity index (χ1) is 15.0. The molecule has 0 unspecified atom stereocenters. The Kier molecular flexibility index (Phi) is 6.06. The van der Waals surface area contributed by atoms with Crippen LogP contribution in [0.15, 0.2) is 48.5 Å². The van der Waals surface area contributed by atoms with Gasteiger partial charge in [-0.1, -0.05) is 12.1 Å². The molecule has 8 heteroatoms. The van der Waals surface area contributed by atoms with E-state index in [1.807, 2.05) is 31.2 Å². The highest BCUT2D eigenvalue weighted by molar-refractivity contribution is 5.90. The Labute approximate surface area is 180 Å². The minimum absolute atomic E-state index is 0.181. The summed E-state index contributed by atoms with van der Waals surface area (Å²) >= 11 is 0. The fraction of sp³-hybridized carbons (Fsp3) is 0.304. The lowest BCUT2D eigenvalue weighted by molar-refractivity contribution is 0.215. The quantitative estimate of drug-likeness (QED) is 0.660. The van der Waals surface area contributed by atoms with Crippen LogP contribution >= 0.6 is 0 Å². The van der Waals surface area contributed by atoms with Crippen LogP contribution < -0.4 is 20.7 Å². The predicted molar refractivity (Wildman–Crippen MR) is 121 cm³/mol. The summed E-state index contributed by atoms with van der Waals surface area (Å²) in [7, 11) is 0. The average molecular weight is 423 g/mol. The monoisotopic (exact) mass is 423 g/mol. The smallest absolute Gasteiger partial charge is 0.321 e. The third kappa shape index (κ3) is 4.63. The van der Waals surface area contributed by atoms with Crippen molar-refractivity contribution < 1.29 is 13.9 Å². The Bertz CT molecular complexity index is 1090. The first-order valence-corrected chi connectivity index (χ1v) is 10.4. The maximum absolute atomic E-state index is 13.8. The number of anilines is 3. The Morgan fingerprint density at radius 2 is 2.00 bits per heavy atom. The third-order valence-corrected chi connectivity index (χ3v) is 5.30. The number of urea groups is 1. The molecule has 0 radical (unpaired) electrons. The van der Waals surface area contributed by atoms with E-state index in [0.717, 1.165) is 29.6 Å². The topological polar surface area (TPSA) is 83.7 Å². The molecule has 2 amide bonds. The molecule has 2 aromatic carbocycles. The predicted octanol–water partition coefficient (Wildman–Crippen LogP) is 4.10. The van der Waals surface area contributed by atoms with Crippen molar-refractivity contribution in [3.63, 3.8) is 0 Å². The molecule has 162 valence electrons. The number of para-hydroxylation sites is 1. The van der Waals surface area contributed by atoms with Gasteiger partial charge in [0.1, 0.15) is 11.6 Å². The van der Waals surface area contributed by atoms with Crippen molar-refractivity contribution in [2.45, 2.75) is 13.3 Å². The number of benzene rings is 2. The van der Waals surface area contributed by atoms with Crippen molar-refractivity contribution >= 4 is 34.1 Å². The van der Waals surface area contributed by atoms with Gasteiger partial charge in [-0.05, 0) is 49.7 Å². The maximum atomic E-state index is 13.8. The molecule has 1 aromatic heterocycles. The molecule has 0 bridgehead atoms. The molecule has 3 N–H and O–H groups in total. The molecule has 4 rings (SSSR count). The van der Waals surface area contributed by atoms with E-state index < -0.39 is 5.82 Å². The standard InChI is InChI=1S/C23H26FN5O2/c1-2-31-17-8-9-20-16(14-17)15-19(25)22(26-20)28-10-5-11-29(13-12-28)23(30)27-21-7-4-3-6-18(21)24/h3-4,6-9,14-15H,2,5,10-13,25H2,1H3,(H,27,30). The fourth-order valence-electron chi connectivity index (χ4n) is 3.76. The molecule has 2 heterocycles. The molecule has 0 spiro atoms. The van der Waals surface area contributed by atoms with Crippen molar-refractivity contribution in [2.75, 3.05) is 48.7 Å². The van der Waals surface area contributed by atoms with Crippen LogP contribution in [0, 0.1) is 5.82 Å². The van der Waals surface area contributed by atoms with E-state index in [2.05, 4.69) is 10.2 Å². The van der Waals surface area contributed by atoms with Gasteiger partial charge in [0.15, 0.2) is 5.82 Å². The Balaban J connectivity index is 1.47. The lowest BCUT2D eigenvalue weighted by atomic mass is 10.2. The number of aromatic nitrogens is 1. The summed E-state index contributed by atoms with van der Waals surface area (Å²) in [5, 5.41) is 3.58. The lowest BCUT2D eigenvalue weighted by Gasteiger charge is -2.24. The van der Waals surface area contributed by atoms with Gasteiger partial charge in [0.05, 0.1) is 23.5 Å². The fourth-order valence-corrected chi connectivity index (χ4v) is 3.76. The third-order valence-electron chi connectivity index (χ3n) is 5.30. The number of nitrogen functional groups attached to an aromatic ring is 1. The van der Waals surface area contributed by atoms with Crippen LogP contribution in [0.2, 0.25) is 0 Å². The van der Waals surface area contributed by atoms with E-state index in [4.69, 9.17) is 15.5 Å². The number of halogens is 1. The van der Waals surface area contributed by atoms with Crippen LogP contribution in [0.4, 0.5) is 26.4 Å². The SMILES string of the molecule is CCOc1ccc2nc(N3CCCN(C(=O)Nc4ccccc4F)CC3)c(N)cc2c1. The number of carbonyl (C=O) groups excluding carboxylic acids is 1. The number of hydrogen-bond donors (Lipinski definition) is 2. The zero-order valence-corrected chi connectivity index (χ0v) is 17.5. The number of ether oxygens (including phenoxy) is 1. The van der Waals surface area contributed by atoms with Crippen LogP contribution in [-0.2, 0) is 0 Å². The van der Waals surface area contributed by atoms with Crippen molar-refractivity contribution in [3.8, 4) is 5.75 Å². The van der Waals surface area contributed by atoms with Gasteiger partial charge in [-0.3, -0.25) is 0 Å². The van der Waals surface area contributed by atoms with Gasteiger partial charge in [-0.15, -0.1) is 0 Å². The number of hydrogen-bond acceptors (Lipinski definition) is 5. The highest BCUT2D eigenvalue weighted by Crippen LogP contribution is 2.29. The number of amides is 2. The van der Waals surface area contributed by atoms with Crippen LogP contribution in [0.3, 0.4) is 0 Å². The van der Waals surface area contributed by atoms with Crippen molar-refractivity contribution in [2.24, 2.45) is 0 Å². The first kappa shape index (κ1) is 20.7. The van der Waals surface area contributed by atoms with Crippen LogP contribution in [0.5, 0.6) is 5.75 Å². The minimum Gasteiger partial charge on any atom is -0.494 e. The molecule has 0 atom stereocenters. The first-order valence-electron chi connectivity index (χ1n) is 10.4. The van der Waals surface area contributed by atoms with Gasteiger partial charge in [0, 0.05) is 31.6 Å². The number of nitrogens with zero attached hydrogens (tertiary/aromatic N) is 3. The summed E-state index contributed by atoms with van der Waals surface area (Å²) in [6.45, 7) is 4.92. The maximum Gasteiger partial charge on any atom is 0.321 e. The average Bonchev–Trinajstić information content (AvgIpc) is 3.01. The zero-order chi connectivity index (χ0) is 21.8. The van der Waals surface area contributed by atoms with Gasteiger partial charge in [-0.25, -0.2) is 14.2 Å². The lowest BCUT2D eigenvalue weighted by Crippen LogP contribution is -2.38. The summed E-state index contributed by atoms with van der Waals surface area (Å²) in [5.74, 6) is 1.05. The number of carbonyl (C=O) groups is 1. The second-order valence-electron chi connectivity index (χ2n) is 7.43. The number of fused-ring (bicyclic) bond motifs is 1. The minimum atomic E-state index is -0.451. The normalized spacial score (nSPS) is 14.4. The number of nitrogens with two attached hydrogens (primary N) is 1. The molecule has 1 aliphatic rings. The summed E-state index contributed by atoms with van der Waals surface area (Å²) in [4.78, 5) is 21.2. The van der Waals surface area contributed by atoms with Gasteiger partial charge < -0.3 is 25.6 Å². The Morgan fingerprint density at radius 1 is 1.16 bits per heavy atom. The zero-order valence-electron chi connectivity index (χ0n) is 17.5. The Hall–Kier alpha value is -3.55. The van der Waals surface area contributed by atoms with E-state index in [9.17, 15) is 9.18 Å². The van der Waals surface area contributed by atoms with E-state index in [0.29, 0.717) is 37.7 Å². The van der Waals surface area contributed by atoms with Crippen molar-refractivity contribution in [1.29, 1.82) is 0 Å². The molecule has 0 aliphatic carbocycles. The van der Waals surface area contributed by atoms with Gasteiger partial charge in [0.2, 0.25) is 0 Å². The molecule has 7 nitrogen and oxygen atoms in total. The largest absolute Gasteiger partial charge is 0.494 e. The summed E-state index contributed by atoms with van der Waals surface area (Å²) in [6.07, 6.45) is 0.757. The van der Waals surface area contributed by atoms with E-state index in [1.54, 1.807) is 23.1 Å². The molecule has 31 heavy (non-hydrogen) atoms. The molecule has 1 fully saturated rings. The molecule has 1 saturated heterocycles. The van der Waals surface area contributed by atoms with Crippen molar-refractivity contribution in [1.82, 2.24) is 9.88 Å². The highest BCUT2D eigenvalue weighted by atomic mass is 19.1. The molecule has 3 aromatic rings. The van der Waals surface area contributed by atoms with E-state index in [1.165, 1.54) is 6.07 Å². The second kappa shape index (κ2) is 9.07. The van der Waals surface area contributed by atoms with E-state index >= 15 is 0 Å². The van der Waals surface area contributed by atoms with E-state index in [-0.39, 0.29) is 11.7 Å². The van der Waals surface area contributed by atoms with Gasteiger partial charge in [0.25, 0.3) is 0 Å². The highest BCUT2D eigenvalue weighted by Gasteiger charge is 2.22. The van der Waals surface area contributed by atoms with Crippen molar-refractivity contribution in [3.05, 3.63) is 54.3 Å². The summed E-state index contributed by atoms with van der Waals surface area (Å²) in [5.41, 5.74) is 7.93. The number of rotatable bonds is 4. The second-order valence-corrected chi connectivity index (χ2v) is 7.43. The molecule has 1 aliphatic heterocycles. The summed E-state index contributed by atoms with van der Waals surface area (Å²) in [6, 6.07) is 13.5.